The van der Waals surface area contributed by atoms with Crippen LogP contribution in [0.15, 0.2) is 54.6 Å². The summed E-state index contributed by atoms with van der Waals surface area (Å²) in [5.41, 5.74) is 1.88. The Labute approximate surface area is 116 Å². The van der Waals surface area contributed by atoms with Crippen LogP contribution in [-0.2, 0) is 0 Å². The lowest BCUT2D eigenvalue weighted by atomic mass is 10.1. The second-order valence-corrected chi connectivity index (χ2v) is 4.33. The van der Waals surface area contributed by atoms with Crippen molar-refractivity contribution in [2.24, 2.45) is 0 Å². The van der Waals surface area contributed by atoms with Crippen molar-refractivity contribution in [2.75, 3.05) is 0 Å². The minimum absolute atomic E-state index is 0.0994. The van der Waals surface area contributed by atoms with Gasteiger partial charge in [-0.15, -0.1) is 0 Å². The monoisotopic (exact) mass is 267 g/mol. The second-order valence-electron chi connectivity index (χ2n) is 4.33. The molecule has 100 valence electrons. The number of nitrogens with zero attached hydrogens (tertiary/aromatic N) is 1. The summed E-state index contributed by atoms with van der Waals surface area (Å²) in [7, 11) is 0. The Hall–Kier alpha value is -2.75. The van der Waals surface area contributed by atoms with E-state index in [2.05, 4.69) is 0 Å². The summed E-state index contributed by atoms with van der Waals surface area (Å²) >= 11 is 0. The molecular weight excluding hydrogens is 254 g/mol. The standard InChI is InChI=1S/C16H13NO3/c1-12-6-2-3-7-13(12)10-11-16(18)14-8-4-5-9-15(14)17(19)20/h2-11H,1H3/b11-10+. The molecule has 2 aromatic carbocycles. The molecule has 2 rings (SSSR count). The fraction of sp³-hybridized carbons (Fsp3) is 0.0625. The fourth-order valence-electron chi connectivity index (χ4n) is 1.87. The van der Waals surface area contributed by atoms with Gasteiger partial charge in [0.1, 0.15) is 0 Å². The van der Waals surface area contributed by atoms with Crippen molar-refractivity contribution < 1.29 is 9.72 Å². The van der Waals surface area contributed by atoms with Crippen LogP contribution >= 0.6 is 0 Å². The van der Waals surface area contributed by atoms with Crippen molar-refractivity contribution in [3.63, 3.8) is 0 Å². The molecule has 0 unspecified atom stereocenters. The van der Waals surface area contributed by atoms with Gasteiger partial charge in [-0.3, -0.25) is 14.9 Å². The average molecular weight is 267 g/mol. The number of carbonyl (C=O) groups excluding carboxylic acids is 1. The normalized spacial score (nSPS) is 10.7. The Morgan fingerprint density at radius 1 is 1.10 bits per heavy atom. The number of hydrogen-bond donors (Lipinski definition) is 0. The second kappa shape index (κ2) is 5.93. The first-order valence-electron chi connectivity index (χ1n) is 6.11. The van der Waals surface area contributed by atoms with E-state index in [1.807, 2.05) is 31.2 Å². The molecular formula is C16H13NO3. The maximum atomic E-state index is 12.1. The number of ketones is 1. The lowest BCUT2D eigenvalue weighted by Gasteiger charge is -2.00. The molecule has 0 radical (unpaired) electrons. The molecule has 4 nitrogen and oxygen atoms in total. The average Bonchev–Trinajstić information content (AvgIpc) is 2.46. The Balaban J connectivity index is 2.30. The third-order valence-corrected chi connectivity index (χ3v) is 2.97. The van der Waals surface area contributed by atoms with Crippen molar-refractivity contribution in [1.29, 1.82) is 0 Å². The maximum Gasteiger partial charge on any atom is 0.280 e. The summed E-state index contributed by atoms with van der Waals surface area (Å²) in [5, 5.41) is 10.9. The summed E-state index contributed by atoms with van der Waals surface area (Å²) in [6.45, 7) is 1.94. The fourth-order valence-corrected chi connectivity index (χ4v) is 1.87. The van der Waals surface area contributed by atoms with Crippen LogP contribution in [0.3, 0.4) is 0 Å². The number of nitro groups is 1. The van der Waals surface area contributed by atoms with Crippen molar-refractivity contribution >= 4 is 17.5 Å². The third kappa shape index (κ3) is 2.98. The van der Waals surface area contributed by atoms with E-state index in [4.69, 9.17) is 0 Å². The zero-order valence-corrected chi connectivity index (χ0v) is 10.9. The van der Waals surface area contributed by atoms with Gasteiger partial charge in [-0.05, 0) is 30.2 Å². The quantitative estimate of drug-likeness (QED) is 0.366. The number of aryl methyl sites for hydroxylation is 1. The summed E-state index contributed by atoms with van der Waals surface area (Å²) < 4.78 is 0. The summed E-state index contributed by atoms with van der Waals surface area (Å²) in [6, 6.07) is 13.6. The van der Waals surface area contributed by atoms with Gasteiger partial charge in [0.15, 0.2) is 5.78 Å². The molecule has 0 saturated carbocycles. The first-order chi connectivity index (χ1) is 9.59. The summed E-state index contributed by atoms with van der Waals surface area (Å²) in [6.07, 6.45) is 3.04. The van der Waals surface area contributed by atoms with Gasteiger partial charge in [-0.1, -0.05) is 42.5 Å². The summed E-state index contributed by atoms with van der Waals surface area (Å²) in [5.74, 6) is -0.374. The highest BCUT2D eigenvalue weighted by Gasteiger charge is 2.16. The van der Waals surface area contributed by atoms with E-state index in [0.29, 0.717) is 0 Å². The number of nitro benzene ring substituents is 1. The van der Waals surface area contributed by atoms with E-state index in [0.717, 1.165) is 11.1 Å². The highest BCUT2D eigenvalue weighted by atomic mass is 16.6. The molecule has 4 heteroatoms. The van der Waals surface area contributed by atoms with Gasteiger partial charge in [-0.25, -0.2) is 0 Å². The first kappa shape index (κ1) is 13.7. The van der Waals surface area contributed by atoms with Crippen molar-refractivity contribution in [1.82, 2.24) is 0 Å². The number of carbonyl (C=O) groups is 1. The van der Waals surface area contributed by atoms with Gasteiger partial charge in [0.05, 0.1) is 10.5 Å². The van der Waals surface area contributed by atoms with E-state index < -0.39 is 4.92 Å². The Kier molecular flexibility index (Phi) is 4.05. The van der Waals surface area contributed by atoms with E-state index in [9.17, 15) is 14.9 Å². The van der Waals surface area contributed by atoms with Gasteiger partial charge in [-0.2, -0.15) is 0 Å². The molecule has 0 aliphatic carbocycles. The number of rotatable bonds is 4. The number of benzene rings is 2. The van der Waals surface area contributed by atoms with Crippen LogP contribution < -0.4 is 0 Å². The third-order valence-electron chi connectivity index (χ3n) is 2.97. The van der Waals surface area contributed by atoms with Gasteiger partial charge in [0.25, 0.3) is 5.69 Å². The SMILES string of the molecule is Cc1ccccc1/C=C/C(=O)c1ccccc1[N+](=O)[O-]. The smallest absolute Gasteiger partial charge is 0.280 e. The molecule has 0 bridgehead atoms. The lowest BCUT2D eigenvalue weighted by Crippen LogP contribution is -2.00. The van der Waals surface area contributed by atoms with Crippen molar-refractivity contribution in [3.05, 3.63) is 81.4 Å². The molecule has 0 fully saturated rings. The van der Waals surface area contributed by atoms with Gasteiger partial charge >= 0.3 is 0 Å². The maximum absolute atomic E-state index is 12.1. The van der Waals surface area contributed by atoms with Crippen LogP contribution in [-0.4, -0.2) is 10.7 Å². The topological polar surface area (TPSA) is 60.2 Å². The molecule has 0 N–H and O–H groups in total. The molecule has 0 spiro atoms. The molecule has 0 aromatic heterocycles. The van der Waals surface area contributed by atoms with E-state index in [1.165, 1.54) is 18.2 Å². The minimum Gasteiger partial charge on any atom is -0.289 e. The molecule has 0 aliphatic rings. The predicted octanol–water partition coefficient (Wildman–Crippen LogP) is 3.80. The molecule has 0 atom stereocenters. The minimum atomic E-state index is -0.547. The lowest BCUT2D eigenvalue weighted by molar-refractivity contribution is -0.385. The van der Waals surface area contributed by atoms with Crippen molar-refractivity contribution in [3.8, 4) is 0 Å². The molecule has 0 amide bonds. The number of para-hydroxylation sites is 1. The number of allylic oxidation sites excluding steroid dienone is 1. The van der Waals surface area contributed by atoms with E-state index >= 15 is 0 Å². The van der Waals surface area contributed by atoms with Crippen LogP contribution in [0.4, 0.5) is 5.69 Å². The molecule has 20 heavy (non-hydrogen) atoms. The van der Waals surface area contributed by atoms with Crippen LogP contribution in [0.2, 0.25) is 0 Å². The largest absolute Gasteiger partial charge is 0.289 e. The molecule has 0 saturated heterocycles. The highest BCUT2D eigenvalue weighted by Crippen LogP contribution is 2.19. The zero-order chi connectivity index (χ0) is 14.5. The Morgan fingerprint density at radius 2 is 1.75 bits per heavy atom. The Morgan fingerprint density at radius 3 is 2.45 bits per heavy atom. The first-order valence-corrected chi connectivity index (χ1v) is 6.11. The van der Waals surface area contributed by atoms with Crippen LogP contribution in [0, 0.1) is 17.0 Å². The number of hydrogen-bond acceptors (Lipinski definition) is 3. The van der Waals surface area contributed by atoms with Crippen molar-refractivity contribution in [2.45, 2.75) is 6.92 Å². The van der Waals surface area contributed by atoms with Crippen LogP contribution in [0.5, 0.6) is 0 Å². The summed E-state index contributed by atoms with van der Waals surface area (Å²) in [4.78, 5) is 22.4. The molecule has 0 aliphatic heterocycles. The Bertz CT molecular complexity index is 690. The van der Waals surface area contributed by atoms with Crippen LogP contribution in [0.1, 0.15) is 21.5 Å². The van der Waals surface area contributed by atoms with Gasteiger partial charge in [0, 0.05) is 6.07 Å². The van der Waals surface area contributed by atoms with Gasteiger partial charge in [0.2, 0.25) is 0 Å². The van der Waals surface area contributed by atoms with E-state index in [1.54, 1.807) is 18.2 Å². The van der Waals surface area contributed by atoms with E-state index in [-0.39, 0.29) is 17.0 Å². The molecule has 0 heterocycles. The predicted molar refractivity (Wildman–Crippen MR) is 77.6 cm³/mol. The van der Waals surface area contributed by atoms with Gasteiger partial charge < -0.3 is 0 Å². The van der Waals surface area contributed by atoms with Crippen LogP contribution in [0.25, 0.3) is 6.08 Å². The highest BCUT2D eigenvalue weighted by molar-refractivity contribution is 6.09. The molecule has 2 aromatic rings. The zero-order valence-electron chi connectivity index (χ0n) is 10.9.